The predicted molar refractivity (Wildman–Crippen MR) is 104 cm³/mol. The molecule has 3 rings (SSSR count). The fraction of sp³-hybridized carbons (Fsp3) is 0.100. The molecular weight excluding hydrogens is 391 g/mol. The molecule has 0 bridgehead atoms. The Hall–Kier alpha value is -2.76. The lowest BCUT2D eigenvalue weighted by Gasteiger charge is -2.12. The number of hydrogen-bond donors (Lipinski definition) is 1. The Labute approximate surface area is 165 Å². The number of carbonyl (C=O) groups is 2. The molecular formula is C20H14Cl2O5. The minimum absolute atomic E-state index is 0.00716. The van der Waals surface area contributed by atoms with Crippen LogP contribution in [0.3, 0.4) is 0 Å². The maximum Gasteiger partial charge on any atom is 0.335 e. The first-order valence-electron chi connectivity index (χ1n) is 7.85. The van der Waals surface area contributed by atoms with Crippen molar-refractivity contribution in [3.8, 4) is 11.5 Å². The average molecular weight is 405 g/mol. The summed E-state index contributed by atoms with van der Waals surface area (Å²) < 4.78 is 10.7. The Morgan fingerprint density at radius 3 is 2.33 bits per heavy atom. The highest BCUT2D eigenvalue weighted by Gasteiger charge is 2.15. The van der Waals surface area contributed by atoms with Crippen LogP contribution < -0.4 is 9.47 Å². The van der Waals surface area contributed by atoms with Gasteiger partial charge in [0.25, 0.3) is 0 Å². The number of halogens is 2. The van der Waals surface area contributed by atoms with E-state index in [0.717, 1.165) is 0 Å². The predicted octanol–water partition coefficient (Wildman–Crippen LogP) is 5.12. The van der Waals surface area contributed by atoms with E-state index < -0.39 is 5.97 Å². The van der Waals surface area contributed by atoms with Crippen LogP contribution in [0, 0.1) is 0 Å². The molecule has 5 nitrogen and oxygen atoms in total. The van der Waals surface area contributed by atoms with Crippen molar-refractivity contribution in [3.63, 3.8) is 0 Å². The van der Waals surface area contributed by atoms with Gasteiger partial charge in [-0.15, -0.1) is 0 Å². The third-order valence-corrected chi connectivity index (χ3v) is 4.46. The molecule has 0 atom stereocenters. The fourth-order valence-electron chi connectivity index (χ4n) is 2.63. The lowest BCUT2D eigenvalue weighted by atomic mass is 10.1. The molecule has 0 saturated carbocycles. The van der Waals surface area contributed by atoms with Crippen molar-refractivity contribution in [3.05, 3.63) is 69.7 Å². The van der Waals surface area contributed by atoms with Crippen LogP contribution in [0.5, 0.6) is 11.5 Å². The van der Waals surface area contributed by atoms with E-state index in [1.54, 1.807) is 30.3 Å². The van der Waals surface area contributed by atoms with E-state index in [1.165, 1.54) is 25.3 Å². The fourth-order valence-corrected chi connectivity index (χ4v) is 3.23. The molecule has 0 fully saturated rings. The van der Waals surface area contributed by atoms with Gasteiger partial charge in [0.2, 0.25) is 0 Å². The van der Waals surface area contributed by atoms with Gasteiger partial charge in [0.15, 0.2) is 12.4 Å². The summed E-state index contributed by atoms with van der Waals surface area (Å²) in [4.78, 5) is 23.8. The molecule has 0 aliphatic heterocycles. The van der Waals surface area contributed by atoms with Crippen LogP contribution in [0.15, 0.2) is 48.5 Å². The van der Waals surface area contributed by atoms with Crippen LogP contribution in [-0.4, -0.2) is 30.6 Å². The number of Topliss-reactive ketones (excluding diaryl/α,β-unsaturated/α-hetero) is 1. The third-order valence-electron chi connectivity index (χ3n) is 3.95. The highest BCUT2D eigenvalue weighted by molar-refractivity contribution is 6.39. The van der Waals surface area contributed by atoms with Gasteiger partial charge < -0.3 is 14.6 Å². The molecule has 7 heteroatoms. The highest BCUT2D eigenvalue weighted by atomic mass is 35.5. The van der Waals surface area contributed by atoms with Gasteiger partial charge in [-0.3, -0.25) is 4.79 Å². The Balaban J connectivity index is 1.93. The van der Waals surface area contributed by atoms with Gasteiger partial charge in [-0.1, -0.05) is 23.2 Å². The minimum atomic E-state index is -1.13. The van der Waals surface area contributed by atoms with Crippen molar-refractivity contribution in [1.29, 1.82) is 0 Å². The van der Waals surface area contributed by atoms with E-state index >= 15 is 0 Å². The van der Waals surface area contributed by atoms with Crippen LogP contribution in [0.2, 0.25) is 10.0 Å². The Bertz CT molecular complexity index is 1030. The first kappa shape index (κ1) is 19.0. The van der Waals surface area contributed by atoms with E-state index in [-0.39, 0.29) is 23.7 Å². The smallest absolute Gasteiger partial charge is 0.335 e. The Kier molecular flexibility index (Phi) is 5.54. The van der Waals surface area contributed by atoms with Crippen LogP contribution in [0.1, 0.15) is 20.7 Å². The van der Waals surface area contributed by atoms with Gasteiger partial charge in [-0.25, -0.2) is 4.79 Å². The molecule has 0 aromatic heterocycles. The Morgan fingerprint density at radius 1 is 1.00 bits per heavy atom. The number of ketones is 1. The summed E-state index contributed by atoms with van der Waals surface area (Å²) >= 11 is 12.3. The molecule has 138 valence electrons. The van der Waals surface area contributed by atoms with Crippen molar-refractivity contribution in [2.45, 2.75) is 0 Å². The molecule has 0 radical (unpaired) electrons. The van der Waals surface area contributed by atoms with Crippen molar-refractivity contribution >= 4 is 45.7 Å². The first-order valence-corrected chi connectivity index (χ1v) is 8.61. The summed E-state index contributed by atoms with van der Waals surface area (Å²) in [6.07, 6.45) is 0. The number of fused-ring (bicyclic) bond motifs is 1. The topological polar surface area (TPSA) is 72.8 Å². The highest BCUT2D eigenvalue weighted by Crippen LogP contribution is 2.36. The van der Waals surface area contributed by atoms with Gasteiger partial charge in [-0.2, -0.15) is 0 Å². The van der Waals surface area contributed by atoms with Gasteiger partial charge in [0.05, 0.1) is 17.7 Å². The van der Waals surface area contributed by atoms with Crippen molar-refractivity contribution in [2.24, 2.45) is 0 Å². The summed E-state index contributed by atoms with van der Waals surface area (Å²) in [6.45, 7) is -0.274. The van der Waals surface area contributed by atoms with Crippen LogP contribution >= 0.6 is 23.2 Å². The standard InChI is InChI=1S/C20H14Cl2O5/c1-26-15-4-2-11(3-5-15)17(23)10-27-18-8-13(20(24)25)6-12-7-14(21)9-16(22)19(12)18/h2-9H,10H2,1H3,(H,24,25). The van der Waals surface area contributed by atoms with E-state index in [1.807, 2.05) is 0 Å². The van der Waals surface area contributed by atoms with Gasteiger partial charge in [-0.05, 0) is 53.9 Å². The van der Waals surface area contributed by atoms with Crippen LogP contribution in [0.25, 0.3) is 10.8 Å². The molecule has 0 saturated heterocycles. The monoisotopic (exact) mass is 404 g/mol. The molecule has 0 amide bonds. The zero-order valence-electron chi connectivity index (χ0n) is 14.2. The van der Waals surface area contributed by atoms with Crippen LogP contribution in [-0.2, 0) is 0 Å². The number of aromatic carboxylic acids is 1. The molecule has 0 aliphatic rings. The van der Waals surface area contributed by atoms with Crippen LogP contribution in [0.4, 0.5) is 0 Å². The van der Waals surface area contributed by atoms with Crippen molar-refractivity contribution < 1.29 is 24.2 Å². The van der Waals surface area contributed by atoms with E-state index in [9.17, 15) is 14.7 Å². The number of carbonyl (C=O) groups excluding carboxylic acids is 1. The first-order chi connectivity index (χ1) is 12.9. The summed E-state index contributed by atoms with van der Waals surface area (Å²) in [5, 5.41) is 11.0. The number of rotatable bonds is 6. The number of benzene rings is 3. The number of hydrogen-bond acceptors (Lipinski definition) is 4. The number of carboxylic acids is 1. The molecule has 27 heavy (non-hydrogen) atoms. The number of methoxy groups -OCH3 is 1. The number of carboxylic acid groups (broad SMARTS) is 1. The molecule has 1 N–H and O–H groups in total. The second kappa shape index (κ2) is 7.86. The van der Waals surface area contributed by atoms with Crippen molar-refractivity contribution in [2.75, 3.05) is 13.7 Å². The molecule has 0 aliphatic carbocycles. The van der Waals surface area contributed by atoms with Gasteiger partial charge in [0, 0.05) is 16.0 Å². The lowest BCUT2D eigenvalue weighted by Crippen LogP contribution is -2.12. The molecule has 3 aromatic carbocycles. The summed E-state index contributed by atoms with van der Waals surface area (Å²) in [5.41, 5.74) is 0.455. The zero-order chi connectivity index (χ0) is 19.6. The SMILES string of the molecule is COc1ccc(C(=O)COc2cc(C(=O)O)cc3cc(Cl)cc(Cl)c23)cc1. The summed E-state index contributed by atoms with van der Waals surface area (Å²) in [5.74, 6) is -0.555. The molecule has 3 aromatic rings. The minimum Gasteiger partial charge on any atom is -0.497 e. The lowest BCUT2D eigenvalue weighted by molar-refractivity contribution is 0.0696. The van der Waals surface area contributed by atoms with Gasteiger partial charge in [0.1, 0.15) is 11.5 Å². The molecule has 0 spiro atoms. The summed E-state index contributed by atoms with van der Waals surface area (Å²) in [6, 6.07) is 12.5. The normalized spacial score (nSPS) is 10.6. The Morgan fingerprint density at radius 2 is 1.70 bits per heavy atom. The third kappa shape index (κ3) is 4.15. The number of ether oxygens (including phenoxy) is 2. The summed E-state index contributed by atoms with van der Waals surface area (Å²) in [7, 11) is 1.54. The molecule has 0 heterocycles. The van der Waals surface area contributed by atoms with E-state index in [4.69, 9.17) is 32.7 Å². The zero-order valence-corrected chi connectivity index (χ0v) is 15.7. The second-order valence-electron chi connectivity index (χ2n) is 5.71. The van der Waals surface area contributed by atoms with Crippen molar-refractivity contribution in [1.82, 2.24) is 0 Å². The largest absolute Gasteiger partial charge is 0.497 e. The quantitative estimate of drug-likeness (QED) is 0.577. The van der Waals surface area contributed by atoms with Gasteiger partial charge >= 0.3 is 5.97 Å². The van der Waals surface area contributed by atoms with E-state index in [0.29, 0.717) is 32.1 Å². The van der Waals surface area contributed by atoms with E-state index in [2.05, 4.69) is 0 Å². The molecule has 0 unspecified atom stereocenters. The maximum absolute atomic E-state index is 12.4. The second-order valence-corrected chi connectivity index (χ2v) is 6.55. The maximum atomic E-state index is 12.4. The average Bonchev–Trinajstić information content (AvgIpc) is 2.65.